The van der Waals surface area contributed by atoms with E-state index in [0.717, 1.165) is 16.4 Å². The van der Waals surface area contributed by atoms with Gasteiger partial charge < -0.3 is 0 Å². The topological polar surface area (TPSA) is 25.8 Å². The van der Waals surface area contributed by atoms with Crippen LogP contribution in [-0.2, 0) is 0 Å². The van der Waals surface area contributed by atoms with E-state index in [1.807, 2.05) is 10.9 Å². The highest BCUT2D eigenvalue weighted by atomic mass is 32.1. The van der Waals surface area contributed by atoms with Gasteiger partial charge in [0.15, 0.2) is 0 Å². The molecule has 4 heteroatoms. The van der Waals surface area contributed by atoms with Gasteiger partial charge in [-0.1, -0.05) is 13.8 Å². The molecule has 0 saturated heterocycles. The van der Waals surface area contributed by atoms with Crippen molar-refractivity contribution in [1.29, 1.82) is 0 Å². The molecule has 2 nitrogen and oxygen atoms in total. The molecule has 0 aliphatic carbocycles. The fourth-order valence-corrected chi connectivity index (χ4v) is 2.55. The van der Waals surface area contributed by atoms with Crippen molar-refractivity contribution >= 4 is 22.7 Å². The zero-order chi connectivity index (χ0) is 9.26. The molecule has 2 aromatic rings. The van der Waals surface area contributed by atoms with Gasteiger partial charge in [-0.15, -0.1) is 22.7 Å². The molecule has 0 bridgehead atoms. The molecule has 0 aromatic carbocycles. The van der Waals surface area contributed by atoms with E-state index in [1.54, 1.807) is 22.7 Å². The first-order valence-electron chi connectivity index (χ1n) is 4.11. The van der Waals surface area contributed by atoms with Crippen molar-refractivity contribution in [3.05, 3.63) is 22.0 Å². The quantitative estimate of drug-likeness (QED) is 0.759. The highest BCUT2D eigenvalue weighted by Gasteiger charge is 2.08. The molecule has 0 spiro atoms. The second-order valence-corrected chi connectivity index (χ2v) is 4.68. The normalized spacial score (nSPS) is 11.0. The Kier molecular flexibility index (Phi) is 2.42. The summed E-state index contributed by atoms with van der Waals surface area (Å²) in [4.78, 5) is 8.74. The Morgan fingerprint density at radius 3 is 2.69 bits per heavy atom. The van der Waals surface area contributed by atoms with Gasteiger partial charge in [-0.3, -0.25) is 0 Å². The number of rotatable bonds is 2. The Morgan fingerprint density at radius 2 is 2.15 bits per heavy atom. The Hall–Kier alpha value is -0.740. The highest BCUT2D eigenvalue weighted by molar-refractivity contribution is 7.13. The molecule has 0 unspecified atom stereocenters. The largest absolute Gasteiger partial charge is 0.242 e. The predicted octanol–water partition coefficient (Wildman–Crippen LogP) is 3.39. The molecule has 2 rings (SSSR count). The fourth-order valence-electron chi connectivity index (χ4n) is 0.987. The van der Waals surface area contributed by atoms with E-state index in [0.29, 0.717) is 5.92 Å². The van der Waals surface area contributed by atoms with Gasteiger partial charge in [0, 0.05) is 10.8 Å². The van der Waals surface area contributed by atoms with Gasteiger partial charge in [0.2, 0.25) is 0 Å². The van der Waals surface area contributed by atoms with Gasteiger partial charge in [-0.05, 0) is 5.92 Å². The summed E-state index contributed by atoms with van der Waals surface area (Å²) in [7, 11) is 0. The Balaban J connectivity index is 2.33. The maximum absolute atomic E-state index is 4.51. The van der Waals surface area contributed by atoms with Crippen molar-refractivity contribution in [2.24, 2.45) is 0 Å². The zero-order valence-electron chi connectivity index (χ0n) is 7.52. The first-order chi connectivity index (χ1) is 6.27. The van der Waals surface area contributed by atoms with Crippen LogP contribution in [0.15, 0.2) is 16.3 Å². The summed E-state index contributed by atoms with van der Waals surface area (Å²) in [6.07, 6.45) is 0. The van der Waals surface area contributed by atoms with Crippen LogP contribution < -0.4 is 0 Å². The summed E-state index contributed by atoms with van der Waals surface area (Å²) in [5, 5.41) is 5.17. The van der Waals surface area contributed by atoms with Crippen molar-refractivity contribution in [2.75, 3.05) is 0 Å². The van der Waals surface area contributed by atoms with Gasteiger partial charge >= 0.3 is 0 Å². The monoisotopic (exact) mass is 210 g/mol. The van der Waals surface area contributed by atoms with Crippen LogP contribution in [0.2, 0.25) is 0 Å². The van der Waals surface area contributed by atoms with Crippen molar-refractivity contribution in [3.63, 3.8) is 0 Å². The molecule has 68 valence electrons. The molecule has 0 aliphatic heterocycles. The minimum Gasteiger partial charge on any atom is -0.242 e. The third-order valence-electron chi connectivity index (χ3n) is 1.76. The van der Waals surface area contributed by atoms with Crippen molar-refractivity contribution in [1.82, 2.24) is 9.97 Å². The van der Waals surface area contributed by atoms with Crippen LogP contribution in [0.4, 0.5) is 0 Å². The van der Waals surface area contributed by atoms with E-state index >= 15 is 0 Å². The third-order valence-corrected chi connectivity index (χ3v) is 3.23. The molecule has 2 heterocycles. The van der Waals surface area contributed by atoms with Crippen LogP contribution in [0.3, 0.4) is 0 Å². The van der Waals surface area contributed by atoms with E-state index in [9.17, 15) is 0 Å². The minimum absolute atomic E-state index is 0.503. The van der Waals surface area contributed by atoms with E-state index in [1.165, 1.54) is 0 Å². The van der Waals surface area contributed by atoms with Gasteiger partial charge in [0.05, 0.1) is 11.2 Å². The van der Waals surface area contributed by atoms with Gasteiger partial charge in [-0.25, -0.2) is 9.97 Å². The maximum Gasteiger partial charge on any atom is 0.142 e. The number of hydrogen-bond donors (Lipinski definition) is 0. The lowest BCUT2D eigenvalue weighted by Crippen LogP contribution is -1.86. The third kappa shape index (κ3) is 1.78. The highest BCUT2D eigenvalue weighted by Crippen LogP contribution is 2.26. The zero-order valence-corrected chi connectivity index (χ0v) is 9.15. The first-order valence-corrected chi connectivity index (χ1v) is 5.93. The molecule has 0 radical (unpaired) electrons. The molecule has 2 aromatic heterocycles. The average molecular weight is 210 g/mol. The van der Waals surface area contributed by atoms with Gasteiger partial charge in [0.25, 0.3) is 0 Å². The van der Waals surface area contributed by atoms with Crippen molar-refractivity contribution in [3.8, 4) is 10.7 Å². The van der Waals surface area contributed by atoms with Crippen LogP contribution in [-0.4, -0.2) is 9.97 Å². The van der Waals surface area contributed by atoms with Crippen LogP contribution in [0, 0.1) is 0 Å². The molecule has 0 amide bonds. The lowest BCUT2D eigenvalue weighted by molar-refractivity contribution is 0.834. The van der Waals surface area contributed by atoms with Crippen LogP contribution in [0.25, 0.3) is 10.7 Å². The molecule has 0 atom stereocenters. The van der Waals surface area contributed by atoms with E-state index in [-0.39, 0.29) is 0 Å². The second kappa shape index (κ2) is 3.55. The minimum atomic E-state index is 0.503. The number of hydrogen-bond acceptors (Lipinski definition) is 4. The van der Waals surface area contributed by atoms with E-state index in [4.69, 9.17) is 0 Å². The number of thiazole rings is 2. The lowest BCUT2D eigenvalue weighted by Gasteiger charge is -1.95. The second-order valence-electron chi connectivity index (χ2n) is 3.11. The standard InChI is InChI=1S/C9H10N2S2/c1-6(2)7-4-13-9(11-7)8-3-12-5-10-8/h3-6H,1-2H3. The fraction of sp³-hybridized carbons (Fsp3) is 0.333. The summed E-state index contributed by atoms with van der Waals surface area (Å²) < 4.78 is 0. The van der Waals surface area contributed by atoms with Crippen molar-refractivity contribution in [2.45, 2.75) is 19.8 Å². The SMILES string of the molecule is CC(C)c1csc(-c2cscn2)n1. The van der Waals surface area contributed by atoms with Crippen LogP contribution in [0.5, 0.6) is 0 Å². The van der Waals surface area contributed by atoms with E-state index < -0.39 is 0 Å². The lowest BCUT2D eigenvalue weighted by atomic mass is 10.2. The molecular weight excluding hydrogens is 200 g/mol. The summed E-state index contributed by atoms with van der Waals surface area (Å²) >= 11 is 3.28. The smallest absolute Gasteiger partial charge is 0.142 e. The molecule has 0 aliphatic rings. The summed E-state index contributed by atoms with van der Waals surface area (Å²) in [6, 6.07) is 0. The Morgan fingerprint density at radius 1 is 1.31 bits per heavy atom. The molecule has 0 N–H and O–H groups in total. The molecular formula is C9H10N2S2. The first kappa shape index (κ1) is 8.84. The molecule has 0 saturated carbocycles. The van der Waals surface area contributed by atoms with Crippen LogP contribution in [0.1, 0.15) is 25.5 Å². The molecule has 0 fully saturated rings. The summed E-state index contributed by atoms with van der Waals surface area (Å²) in [5.41, 5.74) is 4.00. The van der Waals surface area contributed by atoms with E-state index in [2.05, 4.69) is 29.2 Å². The average Bonchev–Trinajstić information content (AvgIpc) is 2.75. The Bertz CT molecular complexity index is 376. The van der Waals surface area contributed by atoms with Crippen molar-refractivity contribution < 1.29 is 0 Å². The van der Waals surface area contributed by atoms with Gasteiger partial charge in [-0.2, -0.15) is 0 Å². The summed E-state index contributed by atoms with van der Waals surface area (Å²) in [6.45, 7) is 4.31. The van der Waals surface area contributed by atoms with Gasteiger partial charge in [0.1, 0.15) is 10.7 Å². The maximum atomic E-state index is 4.51. The number of nitrogens with zero attached hydrogens (tertiary/aromatic N) is 2. The molecule has 13 heavy (non-hydrogen) atoms. The predicted molar refractivity (Wildman–Crippen MR) is 57.3 cm³/mol. The number of aromatic nitrogens is 2. The van der Waals surface area contributed by atoms with Crippen LogP contribution >= 0.6 is 22.7 Å². The Labute approximate surface area is 85.3 Å². The summed E-state index contributed by atoms with van der Waals surface area (Å²) in [5.74, 6) is 0.503.